The van der Waals surface area contributed by atoms with Crippen molar-refractivity contribution in [2.75, 3.05) is 25.5 Å². The van der Waals surface area contributed by atoms with E-state index < -0.39 is 0 Å². The maximum atomic E-state index is 13.3. The monoisotopic (exact) mass is 509 g/mol. The smallest absolute Gasteiger partial charge is 0.261 e. The molecule has 1 N–H and O–H groups in total. The molecular weight excluding hydrogens is 478 g/mol. The van der Waals surface area contributed by atoms with Gasteiger partial charge in [0.25, 0.3) is 11.8 Å². The summed E-state index contributed by atoms with van der Waals surface area (Å²) in [5.74, 6) is 0.316. The van der Waals surface area contributed by atoms with E-state index in [1.54, 1.807) is 29.1 Å². The van der Waals surface area contributed by atoms with Crippen molar-refractivity contribution in [2.24, 2.45) is 7.05 Å². The zero-order chi connectivity index (χ0) is 26.6. The third kappa shape index (κ3) is 5.29. The van der Waals surface area contributed by atoms with E-state index in [0.717, 1.165) is 29.5 Å². The van der Waals surface area contributed by atoms with Crippen LogP contribution in [-0.4, -0.2) is 51.7 Å². The molecule has 2 aromatic carbocycles. The van der Waals surface area contributed by atoms with Crippen LogP contribution in [0.2, 0.25) is 0 Å². The SMILES string of the molecule is COc1ncccc1C(=O)Nc1cc(C(=O)N2CCC(c3ccc(-c4cnn(C)c4)cc3)CC2)ccc1C. The number of aromatic nitrogens is 3. The molecule has 0 spiro atoms. The van der Waals surface area contributed by atoms with Gasteiger partial charge in [-0.15, -0.1) is 0 Å². The van der Waals surface area contributed by atoms with Crippen molar-refractivity contribution in [3.8, 4) is 17.0 Å². The van der Waals surface area contributed by atoms with Gasteiger partial charge in [0.05, 0.1) is 13.3 Å². The number of hydrogen-bond donors (Lipinski definition) is 1. The van der Waals surface area contributed by atoms with Crippen LogP contribution >= 0.6 is 0 Å². The molecule has 0 bridgehead atoms. The first kappa shape index (κ1) is 25.2. The van der Waals surface area contributed by atoms with Crippen molar-refractivity contribution in [3.63, 3.8) is 0 Å². The molecule has 38 heavy (non-hydrogen) atoms. The van der Waals surface area contributed by atoms with Crippen LogP contribution in [-0.2, 0) is 7.05 Å². The standard InChI is InChI=1S/C30H31N5O3/c1-20-6-7-24(17-27(20)33-28(36)26-5-4-14-31-29(26)38-3)30(37)35-15-12-23(13-16-35)21-8-10-22(11-9-21)25-18-32-34(2)19-25/h4-11,14,17-19,23H,12-13,15-16H2,1-3H3,(H,33,36). The Morgan fingerprint density at radius 1 is 1.03 bits per heavy atom. The zero-order valence-corrected chi connectivity index (χ0v) is 21.8. The molecule has 0 unspecified atom stereocenters. The third-order valence-electron chi connectivity index (χ3n) is 7.14. The van der Waals surface area contributed by atoms with Gasteiger partial charge in [0.1, 0.15) is 5.56 Å². The number of carbonyl (C=O) groups excluding carboxylic acids is 2. The maximum Gasteiger partial charge on any atom is 0.261 e. The fourth-order valence-corrected chi connectivity index (χ4v) is 4.92. The van der Waals surface area contributed by atoms with Gasteiger partial charge in [-0.05, 0) is 66.6 Å². The molecule has 8 nitrogen and oxygen atoms in total. The van der Waals surface area contributed by atoms with Crippen LogP contribution in [0.1, 0.15) is 50.6 Å². The molecule has 0 radical (unpaired) electrons. The van der Waals surface area contributed by atoms with Crippen LogP contribution in [0.4, 0.5) is 5.69 Å². The highest BCUT2D eigenvalue weighted by Crippen LogP contribution is 2.31. The lowest BCUT2D eigenvalue weighted by Gasteiger charge is -2.32. The van der Waals surface area contributed by atoms with Gasteiger partial charge in [-0.3, -0.25) is 14.3 Å². The van der Waals surface area contributed by atoms with Gasteiger partial charge >= 0.3 is 0 Å². The number of benzene rings is 2. The second kappa shape index (κ2) is 10.9. The minimum atomic E-state index is -0.335. The molecule has 0 aliphatic carbocycles. The van der Waals surface area contributed by atoms with Gasteiger partial charge in [-0.1, -0.05) is 30.3 Å². The van der Waals surface area contributed by atoms with E-state index in [-0.39, 0.29) is 17.7 Å². The summed E-state index contributed by atoms with van der Waals surface area (Å²) < 4.78 is 7.01. The Balaban J connectivity index is 1.23. The van der Waals surface area contributed by atoms with Gasteiger partial charge in [-0.25, -0.2) is 4.98 Å². The summed E-state index contributed by atoms with van der Waals surface area (Å²) in [5, 5.41) is 7.16. The third-order valence-corrected chi connectivity index (χ3v) is 7.14. The fraction of sp³-hybridized carbons (Fsp3) is 0.267. The van der Waals surface area contributed by atoms with E-state index in [2.05, 4.69) is 39.7 Å². The number of aryl methyl sites for hydroxylation is 2. The lowest BCUT2D eigenvalue weighted by atomic mass is 9.88. The second-order valence-electron chi connectivity index (χ2n) is 9.64. The predicted octanol–water partition coefficient (Wildman–Crippen LogP) is 5.07. The van der Waals surface area contributed by atoms with Crippen LogP contribution in [0, 0.1) is 6.92 Å². The minimum absolute atomic E-state index is 0.0233. The lowest BCUT2D eigenvalue weighted by molar-refractivity contribution is 0.0712. The van der Waals surface area contributed by atoms with Crippen molar-refractivity contribution < 1.29 is 14.3 Å². The molecule has 0 saturated carbocycles. The Labute approximate surface area is 222 Å². The number of methoxy groups -OCH3 is 1. The van der Waals surface area contributed by atoms with E-state index in [4.69, 9.17) is 4.74 Å². The summed E-state index contributed by atoms with van der Waals surface area (Å²) in [6, 6.07) is 17.4. The maximum absolute atomic E-state index is 13.3. The van der Waals surface area contributed by atoms with E-state index in [0.29, 0.717) is 35.8 Å². The molecule has 1 aliphatic heterocycles. The van der Waals surface area contributed by atoms with E-state index >= 15 is 0 Å². The fourth-order valence-electron chi connectivity index (χ4n) is 4.92. The molecular formula is C30H31N5O3. The van der Waals surface area contributed by atoms with E-state index in [9.17, 15) is 9.59 Å². The Morgan fingerprint density at radius 3 is 2.47 bits per heavy atom. The van der Waals surface area contributed by atoms with Crippen LogP contribution in [0.15, 0.2) is 73.2 Å². The number of nitrogens with zero attached hydrogens (tertiary/aromatic N) is 4. The minimum Gasteiger partial charge on any atom is -0.480 e. The number of likely N-dealkylation sites (tertiary alicyclic amines) is 1. The highest BCUT2D eigenvalue weighted by Gasteiger charge is 2.25. The molecule has 2 amide bonds. The molecule has 1 fully saturated rings. The van der Waals surface area contributed by atoms with Crippen LogP contribution < -0.4 is 10.1 Å². The zero-order valence-electron chi connectivity index (χ0n) is 21.8. The summed E-state index contributed by atoms with van der Waals surface area (Å²) >= 11 is 0. The Bertz CT molecular complexity index is 1450. The van der Waals surface area contributed by atoms with E-state index in [1.807, 2.05) is 43.4 Å². The largest absolute Gasteiger partial charge is 0.480 e. The first-order chi connectivity index (χ1) is 18.4. The summed E-state index contributed by atoms with van der Waals surface area (Å²) in [6.07, 6.45) is 7.27. The van der Waals surface area contributed by atoms with E-state index in [1.165, 1.54) is 12.7 Å². The topological polar surface area (TPSA) is 89.3 Å². The number of pyridine rings is 1. The van der Waals surface area contributed by atoms with Gasteiger partial charge in [0.15, 0.2) is 0 Å². The van der Waals surface area contributed by atoms with Gasteiger partial charge in [0.2, 0.25) is 5.88 Å². The number of piperidine rings is 1. The normalized spacial score (nSPS) is 13.8. The van der Waals surface area contributed by atoms with Crippen molar-refractivity contribution in [3.05, 3.63) is 95.4 Å². The molecule has 1 aliphatic rings. The Hall–Kier alpha value is -4.46. The van der Waals surface area contributed by atoms with Gasteiger partial charge in [-0.2, -0.15) is 5.10 Å². The number of ether oxygens (including phenoxy) is 1. The molecule has 8 heteroatoms. The Morgan fingerprint density at radius 2 is 1.79 bits per heavy atom. The second-order valence-corrected chi connectivity index (χ2v) is 9.64. The summed E-state index contributed by atoms with van der Waals surface area (Å²) in [7, 11) is 3.39. The predicted molar refractivity (Wildman–Crippen MR) is 146 cm³/mol. The molecule has 5 rings (SSSR count). The first-order valence-corrected chi connectivity index (χ1v) is 12.7. The van der Waals surface area contributed by atoms with Gasteiger partial charge in [0, 0.05) is 49.3 Å². The quantitative estimate of drug-likeness (QED) is 0.392. The Kier molecular flexibility index (Phi) is 7.22. The molecule has 1 saturated heterocycles. The van der Waals surface area contributed by atoms with Crippen molar-refractivity contribution in [2.45, 2.75) is 25.7 Å². The lowest BCUT2D eigenvalue weighted by Crippen LogP contribution is -2.38. The highest BCUT2D eigenvalue weighted by molar-refractivity contribution is 6.07. The molecule has 2 aromatic heterocycles. The van der Waals surface area contributed by atoms with Crippen molar-refractivity contribution >= 4 is 17.5 Å². The first-order valence-electron chi connectivity index (χ1n) is 12.7. The van der Waals surface area contributed by atoms with Crippen LogP contribution in [0.5, 0.6) is 5.88 Å². The summed E-state index contributed by atoms with van der Waals surface area (Å²) in [5.41, 5.74) is 5.91. The number of hydrogen-bond acceptors (Lipinski definition) is 5. The number of rotatable bonds is 6. The van der Waals surface area contributed by atoms with Crippen LogP contribution in [0.25, 0.3) is 11.1 Å². The molecule has 194 valence electrons. The number of anilines is 1. The number of nitrogens with one attached hydrogen (secondary N) is 1. The molecule has 3 heterocycles. The summed E-state index contributed by atoms with van der Waals surface area (Å²) in [4.78, 5) is 32.2. The van der Waals surface area contributed by atoms with Crippen LogP contribution in [0.3, 0.4) is 0 Å². The molecule has 4 aromatic rings. The number of carbonyl (C=O) groups is 2. The summed E-state index contributed by atoms with van der Waals surface area (Å²) in [6.45, 7) is 3.28. The number of amides is 2. The average Bonchev–Trinajstić information content (AvgIpc) is 3.40. The highest BCUT2D eigenvalue weighted by atomic mass is 16.5. The van der Waals surface area contributed by atoms with Gasteiger partial charge < -0.3 is 15.0 Å². The van der Waals surface area contributed by atoms with Crippen molar-refractivity contribution in [1.29, 1.82) is 0 Å². The average molecular weight is 510 g/mol. The van der Waals surface area contributed by atoms with Crippen molar-refractivity contribution in [1.82, 2.24) is 19.7 Å². The molecule has 0 atom stereocenters.